The molecule has 1 nitrogen and oxygen atoms in total. The van der Waals surface area contributed by atoms with Crippen LogP contribution in [0, 0.1) is 5.82 Å². The van der Waals surface area contributed by atoms with E-state index in [1.807, 2.05) is 23.5 Å². The van der Waals surface area contributed by atoms with E-state index in [1.54, 1.807) is 6.07 Å². The van der Waals surface area contributed by atoms with Gasteiger partial charge >= 0.3 is 0 Å². The molecule has 4 heteroatoms. The first-order chi connectivity index (χ1) is 9.70. The molecule has 1 aliphatic carbocycles. The Balaban J connectivity index is 2.01. The second kappa shape index (κ2) is 5.96. The Labute approximate surface area is 131 Å². The van der Waals surface area contributed by atoms with Gasteiger partial charge in [-0.25, -0.2) is 4.39 Å². The van der Waals surface area contributed by atoms with Crippen LogP contribution in [0.25, 0.3) is 0 Å². The van der Waals surface area contributed by atoms with E-state index in [0.29, 0.717) is 4.47 Å². The minimum Gasteiger partial charge on any atom is -0.306 e. The van der Waals surface area contributed by atoms with E-state index in [-0.39, 0.29) is 11.9 Å². The molecule has 0 fully saturated rings. The molecule has 2 aromatic rings. The average Bonchev–Trinajstić information content (AvgIpc) is 3.00. The van der Waals surface area contributed by atoms with Crippen molar-refractivity contribution in [2.75, 3.05) is 6.54 Å². The first kappa shape index (κ1) is 14.2. The van der Waals surface area contributed by atoms with E-state index >= 15 is 0 Å². The van der Waals surface area contributed by atoms with Crippen molar-refractivity contribution in [1.29, 1.82) is 0 Å². The van der Waals surface area contributed by atoms with Crippen molar-refractivity contribution >= 4 is 27.3 Å². The summed E-state index contributed by atoms with van der Waals surface area (Å²) in [4.78, 5) is 2.71. The molecule has 1 aromatic heterocycles. The fourth-order valence-electron chi connectivity index (χ4n) is 2.81. The van der Waals surface area contributed by atoms with Gasteiger partial charge in [0.2, 0.25) is 0 Å². The lowest BCUT2D eigenvalue weighted by molar-refractivity contribution is 0.558. The zero-order valence-electron chi connectivity index (χ0n) is 11.4. The van der Waals surface area contributed by atoms with Crippen LogP contribution >= 0.6 is 27.3 Å². The number of hydrogen-bond acceptors (Lipinski definition) is 2. The lowest BCUT2D eigenvalue weighted by Crippen LogP contribution is -2.22. The Morgan fingerprint density at radius 1 is 1.40 bits per heavy atom. The van der Waals surface area contributed by atoms with Crippen molar-refractivity contribution in [2.45, 2.75) is 32.2 Å². The maximum Gasteiger partial charge on any atom is 0.142 e. The summed E-state index contributed by atoms with van der Waals surface area (Å²) < 4.78 is 14.9. The number of nitrogens with one attached hydrogen (secondary N) is 1. The largest absolute Gasteiger partial charge is 0.306 e. The number of hydrogen-bond donors (Lipinski definition) is 1. The second-order valence-electron chi connectivity index (χ2n) is 5.08. The van der Waals surface area contributed by atoms with Gasteiger partial charge in [-0.05, 0) is 59.4 Å². The Hall–Kier alpha value is -0.710. The number of halogens is 2. The molecular formula is C16H17BrFNS. The highest BCUT2D eigenvalue weighted by molar-refractivity contribution is 9.10. The van der Waals surface area contributed by atoms with E-state index in [2.05, 4.69) is 34.2 Å². The third-order valence-corrected chi connectivity index (χ3v) is 5.67. The molecule has 3 rings (SSSR count). The van der Waals surface area contributed by atoms with Crippen LogP contribution < -0.4 is 5.32 Å². The maximum atomic E-state index is 14.4. The molecule has 1 atom stereocenters. The van der Waals surface area contributed by atoms with Crippen LogP contribution in [-0.2, 0) is 12.8 Å². The van der Waals surface area contributed by atoms with Crippen LogP contribution in [0.2, 0.25) is 0 Å². The number of aryl methyl sites for hydroxylation is 2. The van der Waals surface area contributed by atoms with Crippen molar-refractivity contribution in [3.8, 4) is 0 Å². The van der Waals surface area contributed by atoms with Crippen molar-refractivity contribution in [1.82, 2.24) is 5.32 Å². The van der Waals surface area contributed by atoms with Gasteiger partial charge in [0.05, 0.1) is 10.5 Å². The summed E-state index contributed by atoms with van der Waals surface area (Å²) in [5.74, 6) is -0.160. The van der Waals surface area contributed by atoms with Gasteiger partial charge in [-0.1, -0.05) is 19.1 Å². The Morgan fingerprint density at radius 3 is 3.00 bits per heavy atom. The molecule has 0 saturated carbocycles. The highest BCUT2D eigenvalue weighted by atomic mass is 79.9. The Kier molecular flexibility index (Phi) is 4.24. The third-order valence-electron chi connectivity index (χ3n) is 3.75. The first-order valence-corrected chi connectivity index (χ1v) is 8.60. The van der Waals surface area contributed by atoms with Crippen LogP contribution in [-0.4, -0.2) is 6.54 Å². The van der Waals surface area contributed by atoms with E-state index < -0.39 is 0 Å². The lowest BCUT2D eigenvalue weighted by Gasteiger charge is -2.18. The normalized spacial score (nSPS) is 15.3. The third kappa shape index (κ3) is 2.57. The zero-order chi connectivity index (χ0) is 14.1. The molecule has 0 spiro atoms. The van der Waals surface area contributed by atoms with Gasteiger partial charge in [0.15, 0.2) is 0 Å². The Morgan fingerprint density at radius 2 is 2.25 bits per heavy atom. The van der Waals surface area contributed by atoms with Gasteiger partial charge in [-0.3, -0.25) is 0 Å². The molecule has 1 aromatic carbocycles. The summed E-state index contributed by atoms with van der Waals surface area (Å²) in [7, 11) is 0. The van der Waals surface area contributed by atoms with Crippen molar-refractivity contribution in [2.24, 2.45) is 0 Å². The molecule has 1 heterocycles. The molecule has 0 saturated heterocycles. The summed E-state index contributed by atoms with van der Waals surface area (Å²) in [5, 5.41) is 3.42. The highest BCUT2D eigenvalue weighted by Crippen LogP contribution is 2.37. The van der Waals surface area contributed by atoms with Crippen molar-refractivity contribution in [3.63, 3.8) is 0 Å². The summed E-state index contributed by atoms with van der Waals surface area (Å²) >= 11 is 5.12. The average molecular weight is 354 g/mol. The summed E-state index contributed by atoms with van der Waals surface area (Å²) in [5.41, 5.74) is 2.18. The molecular weight excluding hydrogens is 337 g/mol. The summed E-state index contributed by atoms with van der Waals surface area (Å²) in [6, 6.07) is 7.73. The zero-order valence-corrected chi connectivity index (χ0v) is 13.8. The summed E-state index contributed by atoms with van der Waals surface area (Å²) in [6.45, 7) is 2.88. The van der Waals surface area contributed by atoms with Gasteiger partial charge in [0.25, 0.3) is 0 Å². The predicted molar refractivity (Wildman–Crippen MR) is 86.0 cm³/mol. The van der Waals surface area contributed by atoms with Gasteiger partial charge in [-0.15, -0.1) is 11.3 Å². The standard InChI is InChI=1S/C16H17BrFNS/c1-2-19-16(11-6-4-7-12(17)15(11)18)14-9-10-5-3-8-13(10)20-14/h4,6-7,9,16,19H,2-3,5,8H2,1H3. The molecule has 0 aliphatic heterocycles. The van der Waals surface area contributed by atoms with Crippen LogP contribution in [0.5, 0.6) is 0 Å². The van der Waals surface area contributed by atoms with Crippen molar-refractivity contribution in [3.05, 3.63) is 55.4 Å². The molecule has 0 bridgehead atoms. The Bertz CT molecular complexity index is 601. The topological polar surface area (TPSA) is 12.0 Å². The van der Waals surface area contributed by atoms with Gasteiger partial charge in [0.1, 0.15) is 5.82 Å². The monoisotopic (exact) mass is 353 g/mol. The van der Waals surface area contributed by atoms with Gasteiger partial charge in [-0.2, -0.15) is 0 Å². The van der Waals surface area contributed by atoms with Crippen LogP contribution in [0.3, 0.4) is 0 Å². The lowest BCUT2D eigenvalue weighted by atomic mass is 10.0. The predicted octanol–water partition coefficient (Wildman–Crippen LogP) is 4.84. The fraction of sp³-hybridized carbons (Fsp3) is 0.375. The molecule has 0 radical (unpaired) electrons. The fourth-order valence-corrected chi connectivity index (χ4v) is 4.54. The molecule has 1 aliphatic rings. The molecule has 20 heavy (non-hydrogen) atoms. The van der Waals surface area contributed by atoms with E-state index in [1.165, 1.54) is 34.6 Å². The maximum absolute atomic E-state index is 14.4. The number of fused-ring (bicyclic) bond motifs is 1. The SMILES string of the molecule is CCNC(c1cc2c(s1)CCC2)c1cccc(Br)c1F. The number of thiophene rings is 1. The van der Waals surface area contributed by atoms with E-state index in [9.17, 15) is 4.39 Å². The van der Waals surface area contributed by atoms with Crippen molar-refractivity contribution < 1.29 is 4.39 Å². The first-order valence-electron chi connectivity index (χ1n) is 6.99. The second-order valence-corrected chi connectivity index (χ2v) is 7.11. The van der Waals surface area contributed by atoms with Gasteiger partial charge < -0.3 is 5.32 Å². The number of rotatable bonds is 4. The van der Waals surface area contributed by atoms with E-state index in [4.69, 9.17) is 0 Å². The van der Waals surface area contributed by atoms with Crippen LogP contribution in [0.4, 0.5) is 4.39 Å². The van der Waals surface area contributed by atoms with Gasteiger partial charge in [0, 0.05) is 15.3 Å². The van der Waals surface area contributed by atoms with E-state index in [0.717, 1.165) is 12.1 Å². The summed E-state index contributed by atoms with van der Waals surface area (Å²) in [6.07, 6.45) is 3.62. The molecule has 1 N–H and O–H groups in total. The van der Waals surface area contributed by atoms with Crippen LogP contribution in [0.15, 0.2) is 28.7 Å². The molecule has 106 valence electrons. The molecule has 0 amide bonds. The number of benzene rings is 1. The van der Waals surface area contributed by atoms with Crippen LogP contribution in [0.1, 0.15) is 40.3 Å². The highest BCUT2D eigenvalue weighted by Gasteiger charge is 2.23. The smallest absolute Gasteiger partial charge is 0.142 e. The quantitative estimate of drug-likeness (QED) is 0.829. The minimum absolute atomic E-state index is 0.0481. The molecule has 1 unspecified atom stereocenters. The minimum atomic E-state index is -0.160.